The van der Waals surface area contributed by atoms with Crippen molar-refractivity contribution in [2.45, 2.75) is 60.3 Å². The van der Waals surface area contributed by atoms with Crippen LogP contribution in [-0.2, 0) is 18.9 Å². The Morgan fingerprint density at radius 1 is 0.767 bits per heavy atom. The lowest BCUT2D eigenvalue weighted by Gasteiger charge is -2.20. The highest BCUT2D eigenvalue weighted by Gasteiger charge is 2.37. The molecule has 7 heteroatoms. The van der Waals surface area contributed by atoms with Gasteiger partial charge in [-0.05, 0) is 68.0 Å². The molecule has 0 atom stereocenters. The molecule has 0 radical (unpaired) electrons. The van der Waals surface area contributed by atoms with Crippen LogP contribution in [-0.4, -0.2) is 5.97 Å². The Labute approximate surface area is 179 Å². The SMILES string of the molecule is CC(C)c1ccc(OP(=O)(OOC(=O)C(C)(C)C)Oc2ccc(C(C)C)cc2)cc1. The van der Waals surface area contributed by atoms with Crippen molar-refractivity contribution in [1.29, 1.82) is 0 Å². The number of phosphoric acid groups is 1. The van der Waals surface area contributed by atoms with Crippen molar-refractivity contribution >= 4 is 13.8 Å². The average Bonchev–Trinajstić information content (AvgIpc) is 2.66. The van der Waals surface area contributed by atoms with Crippen molar-refractivity contribution in [3.63, 3.8) is 0 Å². The highest BCUT2D eigenvalue weighted by atomic mass is 31.2. The van der Waals surface area contributed by atoms with E-state index in [1.54, 1.807) is 45.0 Å². The zero-order chi connectivity index (χ0) is 22.5. The van der Waals surface area contributed by atoms with Gasteiger partial charge in [0.05, 0.1) is 5.41 Å². The molecular weight excluding hydrogens is 403 g/mol. The standard InChI is InChI=1S/C23H31O6P/c1-16(2)18-8-12-20(13-9-18)27-30(25,29-26-22(24)23(5,6)7)28-21-14-10-19(11-15-21)17(3)4/h8-17H,1-7H3. The van der Waals surface area contributed by atoms with E-state index in [1.165, 1.54) is 0 Å². The van der Waals surface area contributed by atoms with Crippen molar-refractivity contribution in [3.05, 3.63) is 59.7 Å². The van der Waals surface area contributed by atoms with Gasteiger partial charge in [0.1, 0.15) is 11.5 Å². The first-order chi connectivity index (χ1) is 13.9. The van der Waals surface area contributed by atoms with E-state index >= 15 is 0 Å². The molecule has 2 aromatic carbocycles. The van der Waals surface area contributed by atoms with Gasteiger partial charge in [-0.1, -0.05) is 56.6 Å². The molecule has 0 spiro atoms. The lowest BCUT2D eigenvalue weighted by Crippen LogP contribution is -2.23. The van der Waals surface area contributed by atoms with Gasteiger partial charge in [-0.2, -0.15) is 0 Å². The molecule has 0 aliphatic rings. The van der Waals surface area contributed by atoms with Crippen molar-refractivity contribution in [2.75, 3.05) is 0 Å². The lowest BCUT2D eigenvalue weighted by atomic mass is 9.98. The Morgan fingerprint density at radius 2 is 1.13 bits per heavy atom. The third-order valence-electron chi connectivity index (χ3n) is 4.34. The minimum atomic E-state index is -4.31. The minimum Gasteiger partial charge on any atom is -0.393 e. The van der Waals surface area contributed by atoms with Crippen LogP contribution in [0.25, 0.3) is 0 Å². The van der Waals surface area contributed by atoms with Gasteiger partial charge >= 0.3 is 13.8 Å². The van der Waals surface area contributed by atoms with Crippen LogP contribution in [0, 0.1) is 5.41 Å². The zero-order valence-electron chi connectivity index (χ0n) is 18.7. The van der Waals surface area contributed by atoms with Crippen LogP contribution >= 0.6 is 7.82 Å². The number of carbonyl (C=O) groups excluding carboxylic acids is 1. The molecule has 0 aliphatic heterocycles. The fraction of sp³-hybridized carbons (Fsp3) is 0.435. The molecule has 0 heterocycles. The summed E-state index contributed by atoms with van der Waals surface area (Å²) >= 11 is 0. The summed E-state index contributed by atoms with van der Waals surface area (Å²) in [7, 11) is -4.31. The Kier molecular flexibility index (Phi) is 7.73. The molecule has 164 valence electrons. The summed E-state index contributed by atoms with van der Waals surface area (Å²) in [5, 5.41) is 0. The van der Waals surface area contributed by atoms with E-state index in [1.807, 2.05) is 24.3 Å². The van der Waals surface area contributed by atoms with Crippen LogP contribution in [0.5, 0.6) is 11.5 Å². The number of hydrogen-bond acceptors (Lipinski definition) is 6. The van der Waals surface area contributed by atoms with Crippen molar-refractivity contribution in [3.8, 4) is 11.5 Å². The van der Waals surface area contributed by atoms with Gasteiger partial charge < -0.3 is 9.05 Å². The van der Waals surface area contributed by atoms with Crippen LogP contribution in [0.3, 0.4) is 0 Å². The minimum absolute atomic E-state index is 0.272. The van der Waals surface area contributed by atoms with Crippen molar-refractivity contribution in [1.82, 2.24) is 0 Å². The fourth-order valence-electron chi connectivity index (χ4n) is 2.34. The summed E-state index contributed by atoms with van der Waals surface area (Å²) < 4.78 is 29.3. The van der Waals surface area contributed by atoms with Gasteiger partial charge in [0.15, 0.2) is 0 Å². The summed E-state index contributed by atoms with van der Waals surface area (Å²) in [4.78, 5) is 16.9. The molecule has 0 aliphatic carbocycles. The summed E-state index contributed by atoms with van der Waals surface area (Å²) in [6.07, 6.45) is 0. The van der Waals surface area contributed by atoms with E-state index in [2.05, 4.69) is 27.7 Å². The van der Waals surface area contributed by atoms with Crippen LogP contribution in [0.2, 0.25) is 0 Å². The summed E-state index contributed by atoms with van der Waals surface area (Å²) in [6.45, 7) is 13.2. The summed E-state index contributed by atoms with van der Waals surface area (Å²) in [6, 6.07) is 14.1. The first-order valence-corrected chi connectivity index (χ1v) is 11.5. The van der Waals surface area contributed by atoms with Gasteiger partial charge in [-0.3, -0.25) is 4.89 Å². The van der Waals surface area contributed by atoms with Crippen LogP contribution in [0.4, 0.5) is 0 Å². The maximum absolute atomic E-state index is 13.3. The predicted molar refractivity (Wildman–Crippen MR) is 117 cm³/mol. The van der Waals surface area contributed by atoms with Gasteiger partial charge in [-0.25, -0.2) is 9.36 Å². The highest BCUT2D eigenvalue weighted by Crippen LogP contribution is 2.50. The quantitative estimate of drug-likeness (QED) is 0.253. The third-order valence-corrected chi connectivity index (χ3v) is 5.47. The van der Waals surface area contributed by atoms with E-state index in [9.17, 15) is 9.36 Å². The van der Waals surface area contributed by atoms with E-state index in [4.69, 9.17) is 18.6 Å². The molecule has 2 rings (SSSR count). The number of benzene rings is 2. The van der Waals surface area contributed by atoms with E-state index in [-0.39, 0.29) is 11.5 Å². The largest absolute Gasteiger partial charge is 0.625 e. The molecule has 0 unspecified atom stereocenters. The van der Waals surface area contributed by atoms with Crippen LogP contribution in [0.15, 0.2) is 48.5 Å². The van der Waals surface area contributed by atoms with Gasteiger partial charge in [0, 0.05) is 0 Å². The third kappa shape index (κ3) is 6.89. The summed E-state index contributed by atoms with van der Waals surface area (Å²) in [5.41, 5.74) is 1.35. The molecule has 0 saturated carbocycles. The second kappa shape index (κ2) is 9.67. The maximum Gasteiger partial charge on any atom is 0.625 e. The fourth-order valence-corrected chi connectivity index (χ4v) is 3.36. The topological polar surface area (TPSA) is 71.1 Å². The second-order valence-corrected chi connectivity index (χ2v) is 10.2. The second-order valence-electron chi connectivity index (χ2n) is 8.77. The van der Waals surface area contributed by atoms with Crippen LogP contribution < -0.4 is 9.05 Å². The molecule has 0 fully saturated rings. The molecule has 2 aromatic rings. The van der Waals surface area contributed by atoms with E-state index in [0.717, 1.165) is 11.1 Å². The zero-order valence-corrected chi connectivity index (χ0v) is 19.6. The number of rotatable bonds is 8. The number of phosphoric ester groups is 1. The normalized spacial score (nSPS) is 12.2. The monoisotopic (exact) mass is 434 g/mol. The lowest BCUT2D eigenvalue weighted by molar-refractivity contribution is -0.229. The van der Waals surface area contributed by atoms with Gasteiger partial charge in [0.2, 0.25) is 0 Å². The summed E-state index contributed by atoms with van der Waals surface area (Å²) in [5.74, 6) is 0.526. The number of hydrogen-bond donors (Lipinski definition) is 0. The van der Waals surface area contributed by atoms with Gasteiger partial charge in [-0.15, -0.1) is 0 Å². The Hall–Kier alpha value is -2.30. The smallest absolute Gasteiger partial charge is 0.393 e. The number of carbonyl (C=O) groups is 1. The molecule has 30 heavy (non-hydrogen) atoms. The molecule has 0 saturated heterocycles. The Balaban J connectivity index is 2.24. The van der Waals surface area contributed by atoms with E-state index < -0.39 is 19.2 Å². The first kappa shape index (κ1) is 24.0. The van der Waals surface area contributed by atoms with Crippen molar-refractivity contribution in [2.24, 2.45) is 5.41 Å². The molecular formula is C23H31O6P. The molecule has 0 bridgehead atoms. The molecule has 0 aromatic heterocycles. The first-order valence-electron chi connectivity index (χ1n) is 9.99. The molecule has 6 nitrogen and oxygen atoms in total. The maximum atomic E-state index is 13.3. The van der Waals surface area contributed by atoms with E-state index in [0.29, 0.717) is 11.8 Å². The average molecular weight is 434 g/mol. The Morgan fingerprint density at radius 3 is 1.43 bits per heavy atom. The molecule has 0 amide bonds. The van der Waals surface area contributed by atoms with Gasteiger partial charge in [0.25, 0.3) is 0 Å². The van der Waals surface area contributed by atoms with Crippen molar-refractivity contribution < 1.29 is 28.0 Å². The molecule has 0 N–H and O–H groups in total. The Bertz CT molecular complexity index is 822. The predicted octanol–water partition coefficient (Wildman–Crippen LogP) is 7.02. The highest BCUT2D eigenvalue weighted by molar-refractivity contribution is 7.49. The van der Waals surface area contributed by atoms with Crippen LogP contribution in [0.1, 0.15) is 71.4 Å².